The number of anilines is 3. The second kappa shape index (κ2) is 5.35. The molecule has 0 fully saturated rings. The number of nitrogens with one attached hydrogen (secondary N) is 2. The topological polar surface area (TPSA) is 49.8 Å². The lowest BCUT2D eigenvalue weighted by atomic mass is 10.2. The van der Waals surface area contributed by atoms with Crippen molar-refractivity contribution in [2.45, 2.75) is 13.8 Å². The monoisotopic (exact) mass is 306 g/mol. The number of hydrogen-bond donors (Lipinski definition) is 2. The van der Waals surface area contributed by atoms with Gasteiger partial charge >= 0.3 is 0 Å². The zero-order chi connectivity index (χ0) is 13.1. The summed E-state index contributed by atoms with van der Waals surface area (Å²) in [5.74, 6) is 2.40. The Morgan fingerprint density at radius 1 is 1.06 bits per heavy atom. The standard InChI is InChI=1S/C13H15BrN4/c1-8-12(15-3)16-9(2)17-13(8)18-11-7-5-4-6-10(11)14/h4-7H,1-3H3,(H2,15,16,17,18). The molecule has 0 radical (unpaired) electrons. The Kier molecular flexibility index (Phi) is 3.81. The number of benzene rings is 1. The zero-order valence-corrected chi connectivity index (χ0v) is 12.2. The normalized spacial score (nSPS) is 10.2. The molecule has 0 atom stereocenters. The summed E-state index contributed by atoms with van der Waals surface area (Å²) in [5.41, 5.74) is 1.99. The third-order valence-electron chi connectivity index (χ3n) is 2.62. The molecule has 0 amide bonds. The van der Waals surface area contributed by atoms with Gasteiger partial charge in [-0.25, -0.2) is 9.97 Å². The van der Waals surface area contributed by atoms with Crippen LogP contribution in [0.3, 0.4) is 0 Å². The quantitative estimate of drug-likeness (QED) is 0.909. The fourth-order valence-electron chi connectivity index (χ4n) is 1.68. The van der Waals surface area contributed by atoms with Gasteiger partial charge in [0, 0.05) is 17.1 Å². The lowest BCUT2D eigenvalue weighted by Crippen LogP contribution is -2.05. The number of nitrogens with zero attached hydrogens (tertiary/aromatic N) is 2. The molecule has 0 aliphatic carbocycles. The highest BCUT2D eigenvalue weighted by Gasteiger charge is 2.09. The van der Waals surface area contributed by atoms with Gasteiger partial charge < -0.3 is 10.6 Å². The molecule has 0 saturated heterocycles. The van der Waals surface area contributed by atoms with Crippen molar-refractivity contribution in [2.75, 3.05) is 17.7 Å². The van der Waals surface area contributed by atoms with E-state index >= 15 is 0 Å². The molecule has 0 spiro atoms. The molecule has 1 heterocycles. The predicted molar refractivity (Wildman–Crippen MR) is 78.5 cm³/mol. The summed E-state index contributed by atoms with van der Waals surface area (Å²) >= 11 is 3.51. The predicted octanol–water partition coefficient (Wildman–Crippen LogP) is 3.64. The highest BCUT2D eigenvalue weighted by atomic mass is 79.9. The van der Waals surface area contributed by atoms with Gasteiger partial charge in [-0.15, -0.1) is 0 Å². The van der Waals surface area contributed by atoms with Crippen LogP contribution >= 0.6 is 15.9 Å². The molecule has 0 unspecified atom stereocenters. The van der Waals surface area contributed by atoms with Gasteiger partial charge in [0.05, 0.1) is 5.69 Å². The second-order valence-electron chi connectivity index (χ2n) is 3.95. The van der Waals surface area contributed by atoms with E-state index in [9.17, 15) is 0 Å². The van der Waals surface area contributed by atoms with Crippen LogP contribution in [0.4, 0.5) is 17.3 Å². The van der Waals surface area contributed by atoms with E-state index in [1.54, 1.807) is 0 Å². The third-order valence-corrected chi connectivity index (χ3v) is 3.31. The van der Waals surface area contributed by atoms with Crippen LogP contribution in [0.1, 0.15) is 11.4 Å². The molecule has 94 valence electrons. The first-order valence-corrected chi connectivity index (χ1v) is 6.45. The van der Waals surface area contributed by atoms with Crippen molar-refractivity contribution in [1.82, 2.24) is 9.97 Å². The Bertz CT molecular complexity index is 569. The largest absolute Gasteiger partial charge is 0.373 e. The second-order valence-corrected chi connectivity index (χ2v) is 4.80. The Hall–Kier alpha value is -1.62. The Labute approximate surface area is 115 Å². The highest BCUT2D eigenvalue weighted by Crippen LogP contribution is 2.27. The SMILES string of the molecule is CNc1nc(C)nc(Nc2ccccc2Br)c1C. The first-order chi connectivity index (χ1) is 8.61. The third kappa shape index (κ3) is 2.61. The number of aromatic nitrogens is 2. The van der Waals surface area contributed by atoms with E-state index in [0.29, 0.717) is 0 Å². The van der Waals surface area contributed by atoms with Crippen molar-refractivity contribution in [3.8, 4) is 0 Å². The van der Waals surface area contributed by atoms with Crippen LogP contribution in [0.5, 0.6) is 0 Å². The molecule has 1 aromatic heterocycles. The molecule has 1 aromatic carbocycles. The van der Waals surface area contributed by atoms with Crippen LogP contribution in [0.2, 0.25) is 0 Å². The van der Waals surface area contributed by atoms with Gasteiger partial charge in [0.25, 0.3) is 0 Å². The molecule has 0 bridgehead atoms. The molecule has 18 heavy (non-hydrogen) atoms. The smallest absolute Gasteiger partial charge is 0.139 e. The molecule has 5 heteroatoms. The van der Waals surface area contributed by atoms with Gasteiger partial charge in [0.1, 0.15) is 17.5 Å². The van der Waals surface area contributed by atoms with Crippen LogP contribution in [0.15, 0.2) is 28.7 Å². The van der Waals surface area contributed by atoms with Crippen LogP contribution < -0.4 is 10.6 Å². The number of halogens is 1. The summed E-state index contributed by atoms with van der Waals surface area (Å²) in [6, 6.07) is 7.95. The number of rotatable bonds is 3. The van der Waals surface area contributed by atoms with Gasteiger partial charge in [-0.2, -0.15) is 0 Å². The van der Waals surface area contributed by atoms with E-state index in [0.717, 1.165) is 33.2 Å². The van der Waals surface area contributed by atoms with Gasteiger partial charge in [0.2, 0.25) is 0 Å². The van der Waals surface area contributed by atoms with E-state index in [2.05, 4.69) is 36.5 Å². The molecule has 2 rings (SSSR count). The van der Waals surface area contributed by atoms with Crippen molar-refractivity contribution < 1.29 is 0 Å². The molecular formula is C13H15BrN4. The van der Waals surface area contributed by atoms with E-state index < -0.39 is 0 Å². The number of hydrogen-bond acceptors (Lipinski definition) is 4. The van der Waals surface area contributed by atoms with E-state index in [1.165, 1.54) is 0 Å². The first-order valence-electron chi connectivity index (χ1n) is 5.66. The molecule has 0 aliphatic heterocycles. The van der Waals surface area contributed by atoms with Crippen LogP contribution in [0.25, 0.3) is 0 Å². The maximum Gasteiger partial charge on any atom is 0.139 e. The van der Waals surface area contributed by atoms with Gasteiger partial charge in [-0.1, -0.05) is 12.1 Å². The molecular weight excluding hydrogens is 292 g/mol. The summed E-state index contributed by atoms with van der Waals surface area (Å²) < 4.78 is 1.01. The Balaban J connectivity index is 2.40. The molecule has 0 saturated carbocycles. The first kappa shape index (κ1) is 12.8. The van der Waals surface area contributed by atoms with Gasteiger partial charge in [-0.05, 0) is 41.9 Å². The summed E-state index contributed by atoms with van der Waals surface area (Å²) in [7, 11) is 1.86. The summed E-state index contributed by atoms with van der Waals surface area (Å²) in [6.07, 6.45) is 0. The summed E-state index contributed by atoms with van der Waals surface area (Å²) in [6.45, 7) is 3.87. The molecule has 0 aliphatic rings. The Morgan fingerprint density at radius 2 is 1.72 bits per heavy atom. The minimum Gasteiger partial charge on any atom is -0.373 e. The van der Waals surface area contributed by atoms with E-state index in [1.807, 2.05) is 45.2 Å². The van der Waals surface area contributed by atoms with E-state index in [-0.39, 0.29) is 0 Å². The van der Waals surface area contributed by atoms with E-state index in [4.69, 9.17) is 0 Å². The van der Waals surface area contributed by atoms with Crippen LogP contribution in [-0.4, -0.2) is 17.0 Å². The molecule has 2 aromatic rings. The van der Waals surface area contributed by atoms with Crippen molar-refractivity contribution in [3.05, 3.63) is 40.1 Å². The molecule has 4 nitrogen and oxygen atoms in total. The zero-order valence-electron chi connectivity index (χ0n) is 10.6. The maximum absolute atomic E-state index is 4.43. The van der Waals surface area contributed by atoms with Gasteiger partial charge in [0.15, 0.2) is 0 Å². The lowest BCUT2D eigenvalue weighted by molar-refractivity contribution is 1.03. The summed E-state index contributed by atoms with van der Waals surface area (Å²) in [4.78, 5) is 8.78. The maximum atomic E-state index is 4.43. The van der Waals surface area contributed by atoms with Gasteiger partial charge in [-0.3, -0.25) is 0 Å². The number of para-hydroxylation sites is 1. The van der Waals surface area contributed by atoms with Crippen molar-refractivity contribution in [2.24, 2.45) is 0 Å². The van der Waals surface area contributed by atoms with Crippen molar-refractivity contribution >= 4 is 33.3 Å². The fraction of sp³-hybridized carbons (Fsp3) is 0.231. The van der Waals surface area contributed by atoms with Crippen molar-refractivity contribution in [1.29, 1.82) is 0 Å². The lowest BCUT2D eigenvalue weighted by Gasteiger charge is -2.13. The summed E-state index contributed by atoms with van der Waals surface area (Å²) in [5, 5.41) is 6.39. The average Bonchev–Trinajstić information content (AvgIpc) is 2.36. The van der Waals surface area contributed by atoms with Crippen LogP contribution in [-0.2, 0) is 0 Å². The highest BCUT2D eigenvalue weighted by molar-refractivity contribution is 9.10. The molecule has 2 N–H and O–H groups in total. The minimum atomic E-state index is 0.736. The average molecular weight is 307 g/mol. The fourth-order valence-corrected chi connectivity index (χ4v) is 2.07. The number of aryl methyl sites for hydroxylation is 1. The van der Waals surface area contributed by atoms with Crippen LogP contribution in [0, 0.1) is 13.8 Å². The Morgan fingerprint density at radius 3 is 2.39 bits per heavy atom. The van der Waals surface area contributed by atoms with Crippen molar-refractivity contribution in [3.63, 3.8) is 0 Å². The minimum absolute atomic E-state index is 0.736.